The van der Waals surface area contributed by atoms with Gasteiger partial charge in [-0.2, -0.15) is 5.26 Å². The van der Waals surface area contributed by atoms with Crippen LogP contribution < -0.4 is 0 Å². The van der Waals surface area contributed by atoms with E-state index < -0.39 is 59.4 Å². The third-order valence-electron chi connectivity index (χ3n) is 3.18. The number of nitrogens with zero attached hydrogens (tertiary/aromatic N) is 1. The molecule has 0 spiro atoms. The molecule has 1 rings (SSSR count). The molecular weight excluding hydrogens is 418 g/mol. The van der Waals surface area contributed by atoms with Crippen LogP contribution in [0, 0.1) is 11.3 Å². The van der Waals surface area contributed by atoms with E-state index >= 15 is 0 Å². The number of hydrogen-bond acceptors (Lipinski definition) is 10. The zero-order chi connectivity index (χ0) is 20.1. The first kappa shape index (κ1) is 21.9. The Labute approximate surface area is 157 Å². The van der Waals surface area contributed by atoms with Crippen LogP contribution in [0.15, 0.2) is 0 Å². The minimum atomic E-state index is -1.93. The monoisotopic (exact) mass is 435 g/mol. The van der Waals surface area contributed by atoms with Crippen LogP contribution in [0.3, 0.4) is 0 Å². The molecule has 0 aromatic rings. The minimum Gasteiger partial charge on any atom is -0.463 e. The molecule has 1 aliphatic rings. The molecule has 0 amide bonds. The molecule has 10 nitrogen and oxygen atoms in total. The number of ether oxygens (including phenoxy) is 5. The van der Waals surface area contributed by atoms with Gasteiger partial charge in [-0.3, -0.25) is 19.2 Å². The van der Waals surface area contributed by atoms with Gasteiger partial charge in [-0.05, 0) is 15.9 Å². The average molecular weight is 436 g/mol. The smallest absolute Gasteiger partial charge is 0.303 e. The fraction of sp³-hybridized carbons (Fsp3) is 0.667. The van der Waals surface area contributed by atoms with Gasteiger partial charge in [0.1, 0.15) is 18.8 Å². The van der Waals surface area contributed by atoms with Crippen molar-refractivity contribution in [3.8, 4) is 6.07 Å². The Bertz CT molecular complexity index is 631. The van der Waals surface area contributed by atoms with Crippen molar-refractivity contribution in [2.75, 3.05) is 6.61 Å². The summed E-state index contributed by atoms with van der Waals surface area (Å²) in [5.41, 5.74) is 0. The van der Waals surface area contributed by atoms with Crippen molar-refractivity contribution in [3.05, 3.63) is 0 Å². The molecular formula is C15H18BrNO9. The third-order valence-corrected chi connectivity index (χ3v) is 3.99. The van der Waals surface area contributed by atoms with Crippen molar-refractivity contribution >= 4 is 39.8 Å². The van der Waals surface area contributed by atoms with Gasteiger partial charge in [-0.15, -0.1) is 0 Å². The van der Waals surface area contributed by atoms with E-state index in [4.69, 9.17) is 23.7 Å². The lowest BCUT2D eigenvalue weighted by atomic mass is 9.94. The number of esters is 4. The molecule has 26 heavy (non-hydrogen) atoms. The first-order chi connectivity index (χ1) is 12.0. The fourth-order valence-corrected chi connectivity index (χ4v) is 2.94. The van der Waals surface area contributed by atoms with Crippen LogP contribution in [0.4, 0.5) is 0 Å². The maximum absolute atomic E-state index is 11.5. The second-order valence-corrected chi connectivity index (χ2v) is 6.57. The summed E-state index contributed by atoms with van der Waals surface area (Å²) in [6.07, 6.45) is -5.29. The molecule has 11 heteroatoms. The predicted molar refractivity (Wildman–Crippen MR) is 85.4 cm³/mol. The zero-order valence-corrected chi connectivity index (χ0v) is 16.1. The van der Waals surface area contributed by atoms with Crippen molar-refractivity contribution in [2.45, 2.75) is 56.6 Å². The molecule has 0 aromatic carbocycles. The highest BCUT2D eigenvalue weighted by Crippen LogP contribution is 2.39. The summed E-state index contributed by atoms with van der Waals surface area (Å²) in [6.45, 7) is 4.04. The Balaban J connectivity index is 3.35. The molecule has 1 aliphatic heterocycles. The molecule has 144 valence electrons. The number of rotatable bonds is 5. The Morgan fingerprint density at radius 1 is 0.962 bits per heavy atom. The lowest BCUT2D eigenvalue weighted by molar-refractivity contribution is -0.249. The van der Waals surface area contributed by atoms with E-state index in [0.29, 0.717) is 0 Å². The van der Waals surface area contributed by atoms with E-state index in [9.17, 15) is 24.4 Å². The number of hydrogen-bond donors (Lipinski definition) is 0. The molecule has 5 atom stereocenters. The van der Waals surface area contributed by atoms with E-state index in [1.165, 1.54) is 0 Å². The van der Waals surface area contributed by atoms with Crippen molar-refractivity contribution in [1.29, 1.82) is 5.26 Å². The highest BCUT2D eigenvalue weighted by molar-refractivity contribution is 9.10. The highest BCUT2D eigenvalue weighted by atomic mass is 79.9. The van der Waals surface area contributed by atoms with Crippen LogP contribution in [0.25, 0.3) is 0 Å². The molecule has 1 fully saturated rings. The molecule has 1 saturated heterocycles. The molecule has 0 N–H and O–H groups in total. The minimum absolute atomic E-state index is 0.396. The molecule has 0 aliphatic carbocycles. The van der Waals surface area contributed by atoms with Crippen molar-refractivity contribution in [1.82, 2.24) is 0 Å². The van der Waals surface area contributed by atoms with Gasteiger partial charge in [0, 0.05) is 27.7 Å². The summed E-state index contributed by atoms with van der Waals surface area (Å²) in [7, 11) is 0. The fourth-order valence-electron chi connectivity index (χ4n) is 2.34. The first-order valence-corrected chi connectivity index (χ1v) is 8.22. The predicted octanol–water partition coefficient (Wildman–Crippen LogP) is 0.358. The number of nitriles is 1. The van der Waals surface area contributed by atoms with Gasteiger partial charge in [0.05, 0.1) is 0 Å². The summed E-state index contributed by atoms with van der Waals surface area (Å²) in [4.78, 5) is 45.5. The molecule has 1 heterocycles. The van der Waals surface area contributed by atoms with E-state index in [2.05, 4.69) is 15.9 Å². The average Bonchev–Trinajstić information content (AvgIpc) is 2.50. The summed E-state index contributed by atoms with van der Waals surface area (Å²) >= 11 is 3.03. The number of carbonyl (C=O) groups excluding carboxylic acids is 4. The Hall–Kier alpha value is -2.19. The topological polar surface area (TPSA) is 138 Å². The maximum atomic E-state index is 11.5. The molecule has 0 radical (unpaired) electrons. The second-order valence-electron chi connectivity index (χ2n) is 5.39. The summed E-state index contributed by atoms with van der Waals surface area (Å²) in [6, 6.07) is 1.78. The summed E-state index contributed by atoms with van der Waals surface area (Å²) < 4.78 is 23.9. The van der Waals surface area contributed by atoms with E-state index in [-0.39, 0.29) is 0 Å². The van der Waals surface area contributed by atoms with Crippen molar-refractivity contribution in [3.63, 3.8) is 0 Å². The van der Waals surface area contributed by atoms with Crippen LogP contribution in [-0.4, -0.2) is 59.4 Å². The van der Waals surface area contributed by atoms with Gasteiger partial charge >= 0.3 is 23.9 Å². The lowest BCUT2D eigenvalue weighted by Gasteiger charge is -2.45. The van der Waals surface area contributed by atoms with Crippen LogP contribution in [-0.2, 0) is 42.9 Å². The highest BCUT2D eigenvalue weighted by Gasteiger charge is 2.59. The Morgan fingerprint density at radius 3 is 1.88 bits per heavy atom. The van der Waals surface area contributed by atoms with Gasteiger partial charge < -0.3 is 23.7 Å². The van der Waals surface area contributed by atoms with E-state index in [1.807, 2.05) is 0 Å². The number of carbonyl (C=O) groups is 4. The summed E-state index contributed by atoms with van der Waals surface area (Å²) in [5.74, 6) is -2.94. The number of alkyl halides is 1. The van der Waals surface area contributed by atoms with Crippen LogP contribution >= 0.6 is 15.9 Å². The van der Waals surface area contributed by atoms with Crippen LogP contribution in [0.2, 0.25) is 0 Å². The van der Waals surface area contributed by atoms with Crippen LogP contribution in [0.5, 0.6) is 0 Å². The molecule has 0 aromatic heterocycles. The van der Waals surface area contributed by atoms with Crippen molar-refractivity contribution in [2.24, 2.45) is 0 Å². The third kappa shape index (κ3) is 5.67. The quantitative estimate of drug-likeness (QED) is 0.337. The van der Waals surface area contributed by atoms with E-state index in [1.54, 1.807) is 6.07 Å². The second kappa shape index (κ2) is 8.95. The summed E-state index contributed by atoms with van der Waals surface area (Å²) in [5, 5.41) is 9.48. The van der Waals surface area contributed by atoms with Gasteiger partial charge in [0.2, 0.25) is 0 Å². The number of halogens is 1. The Kier molecular flexibility index (Phi) is 7.53. The van der Waals surface area contributed by atoms with Gasteiger partial charge in [-0.25, -0.2) is 0 Å². The maximum Gasteiger partial charge on any atom is 0.303 e. The standard InChI is InChI=1S/C15H18BrNO9/c1-7(18)22-5-11-12(23-8(2)19)13(24-9(3)20)14(25-10(4)21)15(16,6-17)26-11/h11-14H,5H2,1-4H3/t11-,12+,13+,14-,15+/m1/s1. The lowest BCUT2D eigenvalue weighted by Crippen LogP contribution is -2.65. The zero-order valence-electron chi connectivity index (χ0n) is 14.5. The van der Waals surface area contributed by atoms with Gasteiger partial charge in [0.15, 0.2) is 18.3 Å². The van der Waals surface area contributed by atoms with Crippen LogP contribution in [0.1, 0.15) is 27.7 Å². The van der Waals surface area contributed by atoms with Crippen molar-refractivity contribution < 1.29 is 42.9 Å². The SMILES string of the molecule is CC(=O)OC[C@H]1O[C@@](Br)(C#N)[C@H](OC(C)=O)[C@@H](OC(C)=O)[C@H]1OC(C)=O. The Morgan fingerprint density at radius 2 is 1.46 bits per heavy atom. The van der Waals surface area contributed by atoms with E-state index in [0.717, 1.165) is 27.7 Å². The molecule has 0 saturated carbocycles. The van der Waals surface area contributed by atoms with Gasteiger partial charge in [0.25, 0.3) is 4.51 Å². The first-order valence-electron chi connectivity index (χ1n) is 7.43. The normalized spacial score (nSPS) is 30.5. The largest absolute Gasteiger partial charge is 0.463 e. The molecule has 0 bridgehead atoms. The molecule has 0 unspecified atom stereocenters. The van der Waals surface area contributed by atoms with Gasteiger partial charge in [-0.1, -0.05) is 0 Å².